The lowest BCUT2D eigenvalue weighted by atomic mass is 9.94. The molecule has 0 bridgehead atoms. The fourth-order valence-electron chi connectivity index (χ4n) is 2.75. The van der Waals surface area contributed by atoms with Crippen LogP contribution in [0.4, 0.5) is 5.69 Å². The number of aromatic carboxylic acids is 1. The molecule has 2 N–H and O–H groups in total. The van der Waals surface area contributed by atoms with Crippen molar-refractivity contribution in [2.75, 3.05) is 11.6 Å². The molecule has 0 radical (unpaired) electrons. The summed E-state index contributed by atoms with van der Waals surface area (Å²) in [7, 11) is 0. The third kappa shape index (κ3) is 3.44. The van der Waals surface area contributed by atoms with Crippen LogP contribution in [0.5, 0.6) is 0 Å². The first-order valence-electron chi connectivity index (χ1n) is 6.75. The maximum Gasteiger partial charge on any atom is 0.335 e. The van der Waals surface area contributed by atoms with E-state index in [-0.39, 0.29) is 0 Å². The van der Waals surface area contributed by atoms with E-state index >= 15 is 0 Å². The zero-order valence-electron chi connectivity index (χ0n) is 11.5. The van der Waals surface area contributed by atoms with Crippen LogP contribution in [0.25, 0.3) is 0 Å². The molecule has 0 saturated heterocycles. The van der Waals surface area contributed by atoms with Crippen molar-refractivity contribution in [2.45, 2.75) is 43.9 Å². The maximum atomic E-state index is 11.0. The summed E-state index contributed by atoms with van der Waals surface area (Å²) in [5, 5.41) is 13.3. The van der Waals surface area contributed by atoms with Crippen LogP contribution in [0.1, 0.15) is 41.6 Å². The van der Waals surface area contributed by atoms with Gasteiger partial charge in [-0.05, 0) is 49.8 Å². The minimum Gasteiger partial charge on any atom is -0.478 e. The van der Waals surface area contributed by atoms with Crippen molar-refractivity contribution in [1.82, 2.24) is 0 Å². The molecule has 0 aliphatic heterocycles. The van der Waals surface area contributed by atoms with Crippen LogP contribution in [0.3, 0.4) is 0 Å². The molecular weight excluding hydrogens is 258 g/mol. The first kappa shape index (κ1) is 14.3. The number of hydrogen-bond acceptors (Lipinski definition) is 3. The Hall–Kier alpha value is -1.16. The average molecular weight is 279 g/mol. The van der Waals surface area contributed by atoms with E-state index in [1.54, 1.807) is 6.07 Å². The molecule has 1 saturated carbocycles. The van der Waals surface area contributed by atoms with Crippen LogP contribution in [-0.2, 0) is 0 Å². The van der Waals surface area contributed by atoms with Gasteiger partial charge in [0, 0.05) is 17.0 Å². The number of carbonyl (C=O) groups is 1. The van der Waals surface area contributed by atoms with E-state index in [9.17, 15) is 4.79 Å². The highest BCUT2D eigenvalue weighted by atomic mass is 32.2. The fourth-order valence-corrected chi connectivity index (χ4v) is 3.69. The molecule has 2 rings (SSSR count). The second-order valence-corrected chi connectivity index (χ2v) is 6.22. The van der Waals surface area contributed by atoms with Gasteiger partial charge in [-0.1, -0.05) is 12.8 Å². The summed E-state index contributed by atoms with van der Waals surface area (Å²) in [6.45, 7) is 1.85. The van der Waals surface area contributed by atoms with Gasteiger partial charge < -0.3 is 10.4 Å². The highest BCUT2D eigenvalue weighted by molar-refractivity contribution is 7.99. The van der Waals surface area contributed by atoms with Crippen LogP contribution in [0.15, 0.2) is 18.2 Å². The van der Waals surface area contributed by atoms with Crippen LogP contribution in [0, 0.1) is 6.92 Å². The van der Waals surface area contributed by atoms with Gasteiger partial charge in [-0.3, -0.25) is 0 Å². The zero-order valence-corrected chi connectivity index (χ0v) is 12.3. The van der Waals surface area contributed by atoms with Gasteiger partial charge in [-0.25, -0.2) is 4.79 Å². The standard InChI is InChI=1S/C15H21NO2S/c1-10-9-11(7-8-12(10)15(17)18)16-13-5-3-4-6-14(13)19-2/h7-9,13-14,16H,3-6H2,1-2H3,(H,17,18). The van der Waals surface area contributed by atoms with E-state index < -0.39 is 5.97 Å². The average Bonchev–Trinajstić information content (AvgIpc) is 2.39. The van der Waals surface area contributed by atoms with E-state index in [1.807, 2.05) is 30.8 Å². The van der Waals surface area contributed by atoms with Crippen molar-refractivity contribution in [3.8, 4) is 0 Å². The lowest BCUT2D eigenvalue weighted by Crippen LogP contribution is -2.34. The van der Waals surface area contributed by atoms with Crippen molar-refractivity contribution in [2.24, 2.45) is 0 Å². The third-order valence-corrected chi connectivity index (χ3v) is 4.98. The molecule has 0 amide bonds. The molecule has 1 aromatic rings. The Labute approximate surface area is 118 Å². The number of aryl methyl sites for hydroxylation is 1. The monoisotopic (exact) mass is 279 g/mol. The lowest BCUT2D eigenvalue weighted by Gasteiger charge is -2.31. The number of carboxylic acids is 1. The van der Waals surface area contributed by atoms with Gasteiger partial charge in [-0.15, -0.1) is 0 Å². The Kier molecular flexibility index (Phi) is 4.75. The topological polar surface area (TPSA) is 49.3 Å². The van der Waals surface area contributed by atoms with Gasteiger partial charge in [0.05, 0.1) is 5.56 Å². The molecule has 1 fully saturated rings. The van der Waals surface area contributed by atoms with Gasteiger partial charge in [0.1, 0.15) is 0 Å². The Morgan fingerprint density at radius 2 is 2.11 bits per heavy atom. The summed E-state index contributed by atoms with van der Waals surface area (Å²) in [6.07, 6.45) is 7.24. The summed E-state index contributed by atoms with van der Waals surface area (Å²) in [5.74, 6) is -0.858. The van der Waals surface area contributed by atoms with Crippen LogP contribution >= 0.6 is 11.8 Å². The Morgan fingerprint density at radius 3 is 2.74 bits per heavy atom. The molecular formula is C15H21NO2S. The number of benzene rings is 1. The lowest BCUT2D eigenvalue weighted by molar-refractivity contribution is 0.0696. The highest BCUT2D eigenvalue weighted by Gasteiger charge is 2.24. The largest absolute Gasteiger partial charge is 0.478 e. The predicted octanol–water partition coefficient (Wildman–Crippen LogP) is 3.78. The second-order valence-electron chi connectivity index (χ2n) is 5.14. The quantitative estimate of drug-likeness (QED) is 0.880. The molecule has 3 nitrogen and oxygen atoms in total. The van der Waals surface area contributed by atoms with Crippen LogP contribution in [0.2, 0.25) is 0 Å². The molecule has 0 spiro atoms. The van der Waals surface area contributed by atoms with E-state index in [2.05, 4.69) is 11.6 Å². The van der Waals surface area contributed by atoms with Crippen molar-refractivity contribution in [1.29, 1.82) is 0 Å². The summed E-state index contributed by atoms with van der Waals surface area (Å²) in [6, 6.07) is 6.01. The number of anilines is 1. The molecule has 2 atom stereocenters. The summed E-state index contributed by atoms with van der Waals surface area (Å²) < 4.78 is 0. The zero-order chi connectivity index (χ0) is 13.8. The molecule has 2 unspecified atom stereocenters. The van der Waals surface area contributed by atoms with Crippen molar-refractivity contribution in [3.63, 3.8) is 0 Å². The van der Waals surface area contributed by atoms with E-state index in [1.165, 1.54) is 25.7 Å². The molecule has 19 heavy (non-hydrogen) atoms. The Balaban J connectivity index is 2.10. The number of rotatable bonds is 4. The minimum absolute atomic E-state index is 0.385. The van der Waals surface area contributed by atoms with Gasteiger partial charge in [0.25, 0.3) is 0 Å². The Bertz CT molecular complexity index is 461. The molecule has 1 aromatic carbocycles. The SMILES string of the molecule is CSC1CCCCC1Nc1ccc(C(=O)O)c(C)c1. The predicted molar refractivity (Wildman–Crippen MR) is 81.3 cm³/mol. The first-order chi connectivity index (χ1) is 9.11. The highest BCUT2D eigenvalue weighted by Crippen LogP contribution is 2.30. The van der Waals surface area contributed by atoms with E-state index in [0.29, 0.717) is 16.9 Å². The normalized spacial score (nSPS) is 23.1. The molecule has 0 heterocycles. The third-order valence-electron chi connectivity index (χ3n) is 3.81. The van der Waals surface area contributed by atoms with E-state index in [0.717, 1.165) is 11.3 Å². The van der Waals surface area contributed by atoms with Crippen LogP contribution < -0.4 is 5.32 Å². The summed E-state index contributed by atoms with van der Waals surface area (Å²) in [5.41, 5.74) is 2.23. The first-order valence-corrected chi connectivity index (χ1v) is 8.04. The second kappa shape index (κ2) is 6.33. The molecule has 0 aromatic heterocycles. The fraction of sp³-hybridized carbons (Fsp3) is 0.533. The molecule has 104 valence electrons. The molecule has 4 heteroatoms. The van der Waals surface area contributed by atoms with Gasteiger partial charge in [-0.2, -0.15) is 11.8 Å². The summed E-state index contributed by atoms with van der Waals surface area (Å²) >= 11 is 1.93. The maximum absolute atomic E-state index is 11.0. The smallest absolute Gasteiger partial charge is 0.335 e. The van der Waals surface area contributed by atoms with Crippen LogP contribution in [-0.4, -0.2) is 28.6 Å². The van der Waals surface area contributed by atoms with Gasteiger partial charge in [0.2, 0.25) is 0 Å². The number of hydrogen-bond donors (Lipinski definition) is 2. The number of carboxylic acid groups (broad SMARTS) is 1. The number of nitrogens with one attached hydrogen (secondary N) is 1. The van der Waals surface area contributed by atoms with Crippen molar-refractivity contribution < 1.29 is 9.90 Å². The van der Waals surface area contributed by atoms with Gasteiger partial charge in [0.15, 0.2) is 0 Å². The van der Waals surface area contributed by atoms with Gasteiger partial charge >= 0.3 is 5.97 Å². The minimum atomic E-state index is -0.858. The van der Waals surface area contributed by atoms with Crippen molar-refractivity contribution >= 4 is 23.4 Å². The summed E-state index contributed by atoms with van der Waals surface area (Å²) in [4.78, 5) is 11.0. The number of thioether (sulfide) groups is 1. The van der Waals surface area contributed by atoms with Crippen molar-refractivity contribution in [3.05, 3.63) is 29.3 Å². The molecule has 1 aliphatic carbocycles. The Morgan fingerprint density at radius 1 is 1.37 bits per heavy atom. The van der Waals surface area contributed by atoms with E-state index in [4.69, 9.17) is 5.11 Å². The molecule has 1 aliphatic rings.